The number of hydrogen-bond acceptors (Lipinski definition) is 8. The molecular weight excluding hydrogens is 564 g/mol. The average molecular weight is 607 g/mol. The second-order valence-electron chi connectivity index (χ2n) is 12.3. The van der Waals surface area contributed by atoms with E-state index in [1.165, 1.54) is 27.9 Å². The summed E-state index contributed by atoms with van der Waals surface area (Å²) >= 11 is 0. The maximum atomic E-state index is 5.23. The van der Waals surface area contributed by atoms with E-state index in [9.17, 15) is 0 Å². The second-order valence-corrected chi connectivity index (χ2v) is 12.3. The molecule has 1 aliphatic carbocycles. The standard InChI is InChI=1S/C34H42N10O/c1-40-24-28(23-36-40)26-6-4-5-25(19-26)20-31-33-30(39-41(31)2)8-7-27-22-35-32(37-34(27)33)21-29-9-10-44(38-29)16-15-42-11-13-43(14-12-42)17-18-45-3/h4-6,9-10,19,22-24H,7-8,11-18,20-21H2,1-3H3. The van der Waals surface area contributed by atoms with Gasteiger partial charge in [0.25, 0.3) is 0 Å². The van der Waals surface area contributed by atoms with Crippen LogP contribution in [0.2, 0.25) is 0 Å². The zero-order valence-corrected chi connectivity index (χ0v) is 26.6. The third-order valence-corrected chi connectivity index (χ3v) is 9.11. The molecule has 0 saturated carbocycles. The number of fused-ring (bicyclic) bond motifs is 3. The van der Waals surface area contributed by atoms with Crippen LogP contribution in [0.15, 0.2) is 55.1 Å². The van der Waals surface area contributed by atoms with Gasteiger partial charge in [-0.15, -0.1) is 0 Å². The monoisotopic (exact) mass is 606 g/mol. The molecule has 0 N–H and O–H groups in total. The van der Waals surface area contributed by atoms with E-state index >= 15 is 0 Å². The summed E-state index contributed by atoms with van der Waals surface area (Å²) in [5, 5.41) is 14.2. The third-order valence-electron chi connectivity index (χ3n) is 9.11. The third kappa shape index (κ3) is 6.61. The van der Waals surface area contributed by atoms with Crippen LogP contribution in [-0.4, -0.2) is 102 Å². The first kappa shape index (κ1) is 29.5. The highest BCUT2D eigenvalue weighted by Gasteiger charge is 2.26. The Labute approximate surface area is 264 Å². The molecule has 0 radical (unpaired) electrons. The average Bonchev–Trinajstić information content (AvgIpc) is 3.78. The number of nitrogens with zero attached hydrogens (tertiary/aromatic N) is 10. The summed E-state index contributed by atoms with van der Waals surface area (Å²) in [6.07, 6.45) is 11.3. The molecule has 11 heteroatoms. The van der Waals surface area contributed by atoms with E-state index in [0.717, 1.165) is 100 Å². The lowest BCUT2D eigenvalue weighted by Crippen LogP contribution is -2.47. The molecule has 1 aromatic carbocycles. The minimum absolute atomic E-state index is 0.608. The van der Waals surface area contributed by atoms with Crippen molar-refractivity contribution < 1.29 is 4.74 Å². The highest BCUT2D eigenvalue weighted by Crippen LogP contribution is 2.35. The first-order valence-electron chi connectivity index (χ1n) is 16.0. The van der Waals surface area contributed by atoms with Crippen molar-refractivity contribution in [1.82, 2.24) is 49.1 Å². The molecular formula is C34H42N10O. The molecule has 5 aromatic rings. The van der Waals surface area contributed by atoms with Crippen molar-refractivity contribution >= 4 is 0 Å². The Morgan fingerprint density at radius 1 is 0.867 bits per heavy atom. The van der Waals surface area contributed by atoms with Crippen LogP contribution in [0.4, 0.5) is 0 Å². The summed E-state index contributed by atoms with van der Waals surface area (Å²) in [5.74, 6) is 0.799. The molecule has 0 atom stereocenters. The van der Waals surface area contributed by atoms with E-state index in [4.69, 9.17) is 24.9 Å². The van der Waals surface area contributed by atoms with Crippen molar-refractivity contribution in [2.24, 2.45) is 14.1 Å². The highest BCUT2D eigenvalue weighted by molar-refractivity contribution is 5.71. The van der Waals surface area contributed by atoms with E-state index in [2.05, 4.69) is 62.3 Å². The minimum atomic E-state index is 0.608. The van der Waals surface area contributed by atoms with E-state index in [0.29, 0.717) is 6.42 Å². The Balaban J connectivity index is 1.04. The Morgan fingerprint density at radius 3 is 2.51 bits per heavy atom. The van der Waals surface area contributed by atoms with Crippen LogP contribution in [0, 0.1) is 0 Å². The fourth-order valence-corrected chi connectivity index (χ4v) is 6.56. The van der Waals surface area contributed by atoms with E-state index in [-0.39, 0.29) is 0 Å². The van der Waals surface area contributed by atoms with Crippen LogP contribution in [-0.2, 0) is 51.1 Å². The Bertz CT molecular complexity index is 1760. The van der Waals surface area contributed by atoms with Gasteiger partial charge in [-0.3, -0.25) is 23.8 Å². The summed E-state index contributed by atoms with van der Waals surface area (Å²) < 4.78 is 11.2. The fourth-order valence-electron chi connectivity index (χ4n) is 6.56. The Hall–Kier alpha value is -4.19. The number of rotatable bonds is 11. The summed E-state index contributed by atoms with van der Waals surface area (Å²) in [5.41, 5.74) is 10.2. The number of hydrogen-bond donors (Lipinski definition) is 0. The number of benzene rings is 1. The van der Waals surface area contributed by atoms with Gasteiger partial charge in [0.15, 0.2) is 0 Å². The van der Waals surface area contributed by atoms with Crippen LogP contribution in [0.25, 0.3) is 22.4 Å². The molecule has 1 fully saturated rings. The van der Waals surface area contributed by atoms with Gasteiger partial charge in [0.1, 0.15) is 5.82 Å². The lowest BCUT2D eigenvalue weighted by molar-refractivity contribution is 0.0948. The molecule has 234 valence electrons. The smallest absolute Gasteiger partial charge is 0.134 e. The van der Waals surface area contributed by atoms with Crippen molar-refractivity contribution in [3.05, 3.63) is 89.2 Å². The number of aryl methyl sites for hydroxylation is 4. The number of ether oxygens (including phenoxy) is 1. The normalized spacial score (nSPS) is 15.4. The summed E-state index contributed by atoms with van der Waals surface area (Å²) in [7, 11) is 5.77. The van der Waals surface area contributed by atoms with E-state index in [1.807, 2.05) is 35.9 Å². The molecule has 1 saturated heterocycles. The summed E-state index contributed by atoms with van der Waals surface area (Å²) in [4.78, 5) is 14.9. The predicted molar refractivity (Wildman–Crippen MR) is 173 cm³/mol. The van der Waals surface area contributed by atoms with Crippen LogP contribution in [0.3, 0.4) is 0 Å². The lowest BCUT2D eigenvalue weighted by Gasteiger charge is -2.34. The van der Waals surface area contributed by atoms with Gasteiger partial charge in [-0.1, -0.05) is 24.3 Å². The molecule has 5 heterocycles. The molecule has 0 bridgehead atoms. The van der Waals surface area contributed by atoms with Gasteiger partial charge >= 0.3 is 0 Å². The largest absolute Gasteiger partial charge is 0.383 e. The maximum Gasteiger partial charge on any atom is 0.134 e. The molecule has 2 aliphatic rings. The van der Waals surface area contributed by atoms with E-state index in [1.54, 1.807) is 7.11 Å². The summed E-state index contributed by atoms with van der Waals surface area (Å²) in [6.45, 7) is 8.09. The number of methoxy groups -OCH3 is 1. The van der Waals surface area contributed by atoms with Gasteiger partial charge in [0.05, 0.1) is 48.5 Å². The van der Waals surface area contributed by atoms with Crippen molar-refractivity contribution in [3.63, 3.8) is 0 Å². The topological polar surface area (TPSA) is 95.0 Å². The van der Waals surface area contributed by atoms with Gasteiger partial charge in [0.2, 0.25) is 0 Å². The van der Waals surface area contributed by atoms with Crippen molar-refractivity contribution in [2.75, 3.05) is 53.0 Å². The molecule has 1 aliphatic heterocycles. The molecule has 0 amide bonds. The molecule has 7 rings (SSSR count). The second kappa shape index (κ2) is 13.0. The first-order chi connectivity index (χ1) is 22.0. The van der Waals surface area contributed by atoms with Gasteiger partial charge in [-0.25, -0.2) is 9.97 Å². The molecule has 11 nitrogen and oxygen atoms in total. The highest BCUT2D eigenvalue weighted by atomic mass is 16.5. The molecule has 0 spiro atoms. The predicted octanol–water partition coefficient (Wildman–Crippen LogP) is 3.02. The molecule has 45 heavy (non-hydrogen) atoms. The van der Waals surface area contributed by atoms with E-state index < -0.39 is 0 Å². The number of piperazine rings is 1. The Kier molecular flexibility index (Phi) is 8.55. The SMILES string of the molecule is COCCN1CCN(CCn2ccc(Cc3ncc4c(n3)-c3c(nn(C)c3Cc3cccc(-c5cnn(C)c5)c3)CC4)n2)CC1. The maximum absolute atomic E-state index is 5.23. The van der Waals surface area contributed by atoms with Crippen molar-refractivity contribution in [1.29, 1.82) is 0 Å². The van der Waals surface area contributed by atoms with Gasteiger partial charge in [-0.2, -0.15) is 15.3 Å². The van der Waals surface area contributed by atoms with Crippen LogP contribution >= 0.6 is 0 Å². The first-order valence-corrected chi connectivity index (χ1v) is 16.0. The van der Waals surface area contributed by atoms with Crippen LogP contribution in [0.1, 0.15) is 34.0 Å². The zero-order chi connectivity index (χ0) is 30.8. The molecule has 4 aromatic heterocycles. The lowest BCUT2D eigenvalue weighted by atomic mass is 9.91. The Morgan fingerprint density at radius 2 is 1.71 bits per heavy atom. The van der Waals surface area contributed by atoms with Gasteiger partial charge < -0.3 is 4.74 Å². The zero-order valence-electron chi connectivity index (χ0n) is 26.6. The fraction of sp³-hybridized carbons (Fsp3) is 0.441. The number of aromatic nitrogens is 8. The molecule has 0 unspecified atom stereocenters. The van der Waals surface area contributed by atoms with Gasteiger partial charge in [-0.05, 0) is 35.6 Å². The van der Waals surface area contributed by atoms with Crippen LogP contribution in [0.5, 0.6) is 0 Å². The summed E-state index contributed by atoms with van der Waals surface area (Å²) in [6, 6.07) is 10.8. The van der Waals surface area contributed by atoms with Gasteiger partial charge in [0, 0.05) is 96.6 Å². The van der Waals surface area contributed by atoms with Crippen molar-refractivity contribution in [3.8, 4) is 22.4 Å². The van der Waals surface area contributed by atoms with Crippen molar-refractivity contribution in [2.45, 2.75) is 32.2 Å². The minimum Gasteiger partial charge on any atom is -0.383 e. The van der Waals surface area contributed by atoms with Crippen LogP contribution < -0.4 is 0 Å². The quantitative estimate of drug-likeness (QED) is 0.227.